The standard InChI is InChI=1S/C11H15N5O2S/c12-7-11(3-1-2-4-11)14-8-9(16(17)18)15-5-6-19-10(15)13-8/h5-6,14H,1-4,7,12H2. The zero-order chi connectivity index (χ0) is 13.5. The molecular weight excluding hydrogens is 266 g/mol. The third-order valence-electron chi connectivity index (χ3n) is 3.74. The van der Waals surface area contributed by atoms with Gasteiger partial charge in [0.05, 0.1) is 5.54 Å². The highest BCUT2D eigenvalue weighted by molar-refractivity contribution is 7.15. The molecule has 19 heavy (non-hydrogen) atoms. The topological polar surface area (TPSA) is 98.5 Å². The van der Waals surface area contributed by atoms with E-state index in [1.54, 1.807) is 11.6 Å². The molecule has 1 aliphatic carbocycles. The van der Waals surface area contributed by atoms with Gasteiger partial charge in [0.15, 0.2) is 0 Å². The first-order valence-corrected chi connectivity index (χ1v) is 7.11. The molecule has 1 saturated carbocycles. The van der Waals surface area contributed by atoms with Gasteiger partial charge < -0.3 is 21.2 Å². The monoisotopic (exact) mass is 281 g/mol. The van der Waals surface area contributed by atoms with Gasteiger partial charge in [0, 0.05) is 11.9 Å². The zero-order valence-corrected chi connectivity index (χ0v) is 11.2. The lowest BCUT2D eigenvalue weighted by atomic mass is 9.98. The van der Waals surface area contributed by atoms with Gasteiger partial charge in [-0.15, -0.1) is 0 Å². The van der Waals surface area contributed by atoms with Crippen molar-refractivity contribution in [1.82, 2.24) is 9.38 Å². The number of hydrogen-bond donors (Lipinski definition) is 2. The maximum atomic E-state index is 11.2. The van der Waals surface area contributed by atoms with Crippen LogP contribution >= 0.6 is 11.3 Å². The van der Waals surface area contributed by atoms with E-state index in [2.05, 4.69) is 10.3 Å². The molecule has 0 aliphatic heterocycles. The van der Waals surface area contributed by atoms with Gasteiger partial charge in [0.1, 0.15) is 6.20 Å². The summed E-state index contributed by atoms with van der Waals surface area (Å²) in [5, 5.41) is 16.3. The number of fused-ring (bicyclic) bond motifs is 1. The minimum atomic E-state index is -0.395. The summed E-state index contributed by atoms with van der Waals surface area (Å²) in [6.07, 6.45) is 5.73. The summed E-state index contributed by atoms with van der Waals surface area (Å²) in [5.74, 6) is 0.333. The highest BCUT2D eigenvalue weighted by Gasteiger charge is 2.36. The number of nitrogens with two attached hydrogens (primary N) is 1. The molecule has 0 unspecified atom stereocenters. The molecule has 2 aromatic rings. The fourth-order valence-corrected chi connectivity index (χ4v) is 3.42. The van der Waals surface area contributed by atoms with E-state index in [4.69, 9.17) is 5.73 Å². The predicted molar refractivity (Wildman–Crippen MR) is 73.6 cm³/mol. The maximum absolute atomic E-state index is 11.2. The molecule has 1 aliphatic rings. The maximum Gasteiger partial charge on any atom is 0.372 e. The predicted octanol–water partition coefficient (Wildman–Crippen LogP) is 1.99. The second-order valence-electron chi connectivity index (χ2n) is 4.91. The summed E-state index contributed by atoms with van der Waals surface area (Å²) < 4.78 is 1.51. The average Bonchev–Trinajstić information content (AvgIpc) is 3.04. The van der Waals surface area contributed by atoms with E-state index in [1.807, 2.05) is 0 Å². The van der Waals surface area contributed by atoms with E-state index < -0.39 is 4.92 Å². The molecule has 0 amide bonds. The van der Waals surface area contributed by atoms with Crippen LogP contribution in [0.25, 0.3) is 4.96 Å². The first-order chi connectivity index (χ1) is 9.15. The minimum absolute atomic E-state index is 0.00373. The number of nitrogens with zero attached hydrogens (tertiary/aromatic N) is 3. The van der Waals surface area contributed by atoms with Crippen LogP contribution in [0.2, 0.25) is 0 Å². The van der Waals surface area contributed by atoms with Gasteiger partial charge in [0.2, 0.25) is 5.82 Å². The van der Waals surface area contributed by atoms with Crippen LogP contribution in [0.15, 0.2) is 11.6 Å². The van der Waals surface area contributed by atoms with Gasteiger partial charge in [-0.05, 0) is 17.8 Å². The Morgan fingerprint density at radius 2 is 2.32 bits per heavy atom. The normalized spacial score (nSPS) is 17.9. The number of anilines is 1. The number of nitro groups is 1. The van der Waals surface area contributed by atoms with E-state index >= 15 is 0 Å². The van der Waals surface area contributed by atoms with Crippen molar-refractivity contribution >= 4 is 27.9 Å². The molecule has 2 heterocycles. The molecule has 0 saturated heterocycles. The molecule has 0 atom stereocenters. The van der Waals surface area contributed by atoms with E-state index in [0.29, 0.717) is 17.3 Å². The smallest absolute Gasteiger partial charge is 0.358 e. The van der Waals surface area contributed by atoms with Crippen LogP contribution < -0.4 is 11.1 Å². The van der Waals surface area contributed by atoms with Gasteiger partial charge in [0.25, 0.3) is 4.96 Å². The van der Waals surface area contributed by atoms with E-state index in [1.165, 1.54) is 15.7 Å². The summed E-state index contributed by atoms with van der Waals surface area (Å²) in [5.41, 5.74) is 5.61. The molecule has 0 aromatic carbocycles. The van der Waals surface area contributed by atoms with Crippen LogP contribution in [0, 0.1) is 10.1 Å². The Balaban J connectivity index is 2.02. The van der Waals surface area contributed by atoms with Crippen LogP contribution in [0.4, 0.5) is 11.6 Å². The molecule has 0 radical (unpaired) electrons. The van der Waals surface area contributed by atoms with Crippen LogP contribution in [0.3, 0.4) is 0 Å². The zero-order valence-electron chi connectivity index (χ0n) is 10.3. The van der Waals surface area contributed by atoms with Gasteiger partial charge >= 0.3 is 5.82 Å². The van der Waals surface area contributed by atoms with Crippen molar-refractivity contribution in [3.8, 4) is 0 Å². The Morgan fingerprint density at radius 3 is 2.95 bits per heavy atom. The Hall–Kier alpha value is -1.67. The summed E-state index contributed by atoms with van der Waals surface area (Å²) in [6, 6.07) is 0. The molecule has 0 spiro atoms. The van der Waals surface area contributed by atoms with Gasteiger partial charge in [-0.25, -0.2) is 0 Å². The Morgan fingerprint density at radius 1 is 1.58 bits per heavy atom. The van der Waals surface area contributed by atoms with Crippen LogP contribution in [0.1, 0.15) is 25.7 Å². The summed E-state index contributed by atoms with van der Waals surface area (Å²) in [6.45, 7) is 0.468. The highest BCUT2D eigenvalue weighted by atomic mass is 32.1. The van der Waals surface area contributed by atoms with E-state index in [0.717, 1.165) is 25.7 Å². The summed E-state index contributed by atoms with van der Waals surface area (Å²) in [7, 11) is 0. The molecule has 7 nitrogen and oxygen atoms in total. The van der Waals surface area contributed by atoms with Crippen molar-refractivity contribution in [2.45, 2.75) is 31.2 Å². The van der Waals surface area contributed by atoms with Crippen molar-refractivity contribution in [2.24, 2.45) is 5.73 Å². The highest BCUT2D eigenvalue weighted by Crippen LogP contribution is 2.36. The lowest BCUT2D eigenvalue weighted by Gasteiger charge is -2.28. The second-order valence-corrected chi connectivity index (χ2v) is 5.79. The number of thiazole rings is 1. The van der Waals surface area contributed by atoms with Crippen LogP contribution in [-0.2, 0) is 0 Å². The van der Waals surface area contributed by atoms with E-state index in [-0.39, 0.29) is 11.4 Å². The molecular formula is C11H15N5O2S. The van der Waals surface area contributed by atoms with Crippen molar-refractivity contribution in [2.75, 3.05) is 11.9 Å². The number of aromatic nitrogens is 2. The second kappa shape index (κ2) is 4.46. The van der Waals surface area contributed by atoms with E-state index in [9.17, 15) is 10.1 Å². The molecule has 3 N–H and O–H groups in total. The summed E-state index contributed by atoms with van der Waals surface area (Å²) in [4.78, 5) is 15.8. The van der Waals surface area contributed by atoms with Crippen molar-refractivity contribution in [3.05, 3.63) is 21.7 Å². The average molecular weight is 281 g/mol. The number of hydrogen-bond acceptors (Lipinski definition) is 6. The lowest BCUT2D eigenvalue weighted by Crippen LogP contribution is -2.43. The molecule has 2 aromatic heterocycles. The van der Waals surface area contributed by atoms with Crippen molar-refractivity contribution in [1.29, 1.82) is 0 Å². The fourth-order valence-electron chi connectivity index (χ4n) is 2.72. The Labute approximate surface area is 113 Å². The number of nitrogens with one attached hydrogen (secondary N) is 1. The summed E-state index contributed by atoms with van der Waals surface area (Å²) >= 11 is 1.38. The van der Waals surface area contributed by atoms with Crippen molar-refractivity contribution in [3.63, 3.8) is 0 Å². The van der Waals surface area contributed by atoms with Crippen LogP contribution in [-0.4, -0.2) is 26.4 Å². The molecule has 3 rings (SSSR count). The quantitative estimate of drug-likeness (QED) is 0.659. The molecule has 102 valence electrons. The SMILES string of the molecule is NCC1(Nc2nc3sccn3c2[N+](=O)[O-])CCCC1. The number of imidazole rings is 1. The Kier molecular flexibility index (Phi) is 2.90. The Bertz CT molecular complexity index is 614. The molecule has 1 fully saturated rings. The van der Waals surface area contributed by atoms with Gasteiger partial charge in [-0.2, -0.15) is 9.38 Å². The largest absolute Gasteiger partial charge is 0.372 e. The fraction of sp³-hybridized carbons (Fsp3) is 0.545. The first kappa shape index (κ1) is 12.4. The lowest BCUT2D eigenvalue weighted by molar-refractivity contribution is -0.389. The van der Waals surface area contributed by atoms with Crippen LogP contribution in [0.5, 0.6) is 0 Å². The number of rotatable bonds is 4. The molecule has 8 heteroatoms. The van der Waals surface area contributed by atoms with Gasteiger partial charge in [-0.3, -0.25) is 0 Å². The third kappa shape index (κ3) is 1.96. The molecule has 0 bridgehead atoms. The van der Waals surface area contributed by atoms with Crippen molar-refractivity contribution < 1.29 is 4.92 Å². The van der Waals surface area contributed by atoms with Gasteiger partial charge in [-0.1, -0.05) is 24.2 Å². The third-order valence-corrected chi connectivity index (χ3v) is 4.50. The minimum Gasteiger partial charge on any atom is -0.358 e. The first-order valence-electron chi connectivity index (χ1n) is 6.23.